The zero-order chi connectivity index (χ0) is 15.9. The van der Waals surface area contributed by atoms with Crippen LogP contribution < -0.4 is 21.1 Å². The molecular formula is C16H23N3O3. The quantitative estimate of drug-likeness (QED) is 0.718. The molecule has 1 fully saturated rings. The zero-order valence-corrected chi connectivity index (χ0v) is 12.9. The summed E-state index contributed by atoms with van der Waals surface area (Å²) in [4.78, 5) is 23.5. The van der Waals surface area contributed by atoms with Crippen LogP contribution >= 0.6 is 0 Å². The molecule has 0 heterocycles. The number of hydrogen-bond donors (Lipinski definition) is 3. The molecule has 0 radical (unpaired) electrons. The van der Waals surface area contributed by atoms with Gasteiger partial charge in [-0.2, -0.15) is 0 Å². The fourth-order valence-corrected chi connectivity index (χ4v) is 2.53. The number of likely N-dealkylation sites (N-methyl/N-ethyl adjacent to an activating group) is 1. The number of benzene rings is 1. The van der Waals surface area contributed by atoms with Crippen LogP contribution in [0, 0.1) is 0 Å². The van der Waals surface area contributed by atoms with E-state index in [0.717, 1.165) is 25.7 Å². The Morgan fingerprint density at radius 1 is 1.27 bits per heavy atom. The van der Waals surface area contributed by atoms with Gasteiger partial charge in [0.25, 0.3) is 11.8 Å². The highest BCUT2D eigenvalue weighted by atomic mass is 16.5. The normalized spacial score (nSPS) is 15.1. The van der Waals surface area contributed by atoms with Crippen LogP contribution in [0.5, 0.6) is 5.75 Å². The lowest BCUT2D eigenvalue weighted by Gasteiger charge is -2.22. The van der Waals surface area contributed by atoms with Gasteiger partial charge in [0, 0.05) is 18.7 Å². The minimum absolute atomic E-state index is 0.128. The molecule has 1 aliphatic carbocycles. The van der Waals surface area contributed by atoms with Gasteiger partial charge >= 0.3 is 0 Å². The summed E-state index contributed by atoms with van der Waals surface area (Å²) in [7, 11) is 1.53. The van der Waals surface area contributed by atoms with Crippen molar-refractivity contribution in [2.24, 2.45) is 0 Å². The van der Waals surface area contributed by atoms with E-state index in [1.165, 1.54) is 13.5 Å². The van der Waals surface area contributed by atoms with Crippen molar-refractivity contribution in [1.29, 1.82) is 0 Å². The highest BCUT2D eigenvalue weighted by Gasteiger charge is 2.17. The minimum atomic E-state index is -0.253. The van der Waals surface area contributed by atoms with E-state index >= 15 is 0 Å². The maximum absolute atomic E-state index is 12.3. The summed E-state index contributed by atoms with van der Waals surface area (Å²) in [5, 5.41) is 5.51. The Labute approximate surface area is 130 Å². The Morgan fingerprint density at radius 3 is 2.68 bits per heavy atom. The molecule has 0 aliphatic heterocycles. The van der Waals surface area contributed by atoms with Crippen molar-refractivity contribution in [2.45, 2.75) is 38.1 Å². The molecule has 0 aromatic heterocycles. The Bertz CT molecular complexity index is 539. The van der Waals surface area contributed by atoms with E-state index in [-0.39, 0.29) is 24.5 Å². The monoisotopic (exact) mass is 305 g/mol. The molecule has 6 nitrogen and oxygen atoms in total. The molecule has 120 valence electrons. The van der Waals surface area contributed by atoms with Gasteiger partial charge < -0.3 is 21.1 Å². The standard InChI is InChI=1S/C16H23N3O3/c1-18-15(20)10-22-14-9-11(7-8-13(14)17)16(21)19-12-5-3-2-4-6-12/h7-9,12H,2-6,10,17H2,1H3,(H,18,20)(H,19,21). The smallest absolute Gasteiger partial charge is 0.257 e. The van der Waals surface area contributed by atoms with Crippen molar-refractivity contribution in [2.75, 3.05) is 19.4 Å². The maximum Gasteiger partial charge on any atom is 0.257 e. The third-order valence-electron chi connectivity index (χ3n) is 3.85. The van der Waals surface area contributed by atoms with Gasteiger partial charge in [0.1, 0.15) is 5.75 Å². The summed E-state index contributed by atoms with van der Waals surface area (Å²) in [6.07, 6.45) is 5.62. The minimum Gasteiger partial charge on any atom is -0.482 e. The molecule has 0 unspecified atom stereocenters. The highest BCUT2D eigenvalue weighted by Crippen LogP contribution is 2.23. The number of carbonyl (C=O) groups excluding carboxylic acids is 2. The summed E-state index contributed by atoms with van der Waals surface area (Å²) >= 11 is 0. The molecule has 0 spiro atoms. The number of anilines is 1. The fourth-order valence-electron chi connectivity index (χ4n) is 2.53. The Balaban J connectivity index is 2.00. The average Bonchev–Trinajstić information content (AvgIpc) is 2.54. The van der Waals surface area contributed by atoms with Gasteiger partial charge in [-0.05, 0) is 31.0 Å². The molecule has 0 atom stereocenters. The lowest BCUT2D eigenvalue weighted by atomic mass is 9.95. The number of hydrogen-bond acceptors (Lipinski definition) is 4. The number of carbonyl (C=O) groups is 2. The Hall–Kier alpha value is -2.24. The first-order valence-electron chi connectivity index (χ1n) is 7.64. The second-order valence-corrected chi connectivity index (χ2v) is 5.52. The number of nitrogens with two attached hydrogens (primary N) is 1. The van der Waals surface area contributed by atoms with E-state index < -0.39 is 0 Å². The van der Waals surface area contributed by atoms with Crippen LogP contribution in [-0.2, 0) is 4.79 Å². The van der Waals surface area contributed by atoms with Crippen molar-refractivity contribution < 1.29 is 14.3 Å². The van der Waals surface area contributed by atoms with Crippen LogP contribution in [0.15, 0.2) is 18.2 Å². The van der Waals surface area contributed by atoms with Crippen molar-refractivity contribution in [1.82, 2.24) is 10.6 Å². The van der Waals surface area contributed by atoms with Crippen molar-refractivity contribution in [3.63, 3.8) is 0 Å². The largest absolute Gasteiger partial charge is 0.482 e. The van der Waals surface area contributed by atoms with Crippen molar-refractivity contribution in [3.05, 3.63) is 23.8 Å². The van der Waals surface area contributed by atoms with E-state index in [1.54, 1.807) is 18.2 Å². The van der Waals surface area contributed by atoms with Crippen LogP contribution in [0.1, 0.15) is 42.5 Å². The number of nitrogen functional groups attached to an aromatic ring is 1. The van der Waals surface area contributed by atoms with Gasteiger partial charge in [-0.1, -0.05) is 19.3 Å². The van der Waals surface area contributed by atoms with Gasteiger partial charge in [-0.25, -0.2) is 0 Å². The predicted octanol–water partition coefficient (Wildman–Crippen LogP) is 1.46. The molecule has 22 heavy (non-hydrogen) atoms. The lowest BCUT2D eigenvalue weighted by molar-refractivity contribution is -0.122. The molecule has 4 N–H and O–H groups in total. The van der Waals surface area contributed by atoms with Crippen LogP contribution in [0.2, 0.25) is 0 Å². The molecule has 6 heteroatoms. The number of nitrogens with one attached hydrogen (secondary N) is 2. The van der Waals surface area contributed by atoms with Gasteiger partial charge in [0.15, 0.2) is 6.61 Å². The molecule has 1 aliphatic rings. The molecule has 0 saturated heterocycles. The SMILES string of the molecule is CNC(=O)COc1cc(C(=O)NC2CCCCC2)ccc1N. The maximum atomic E-state index is 12.3. The number of rotatable bonds is 5. The summed E-state index contributed by atoms with van der Waals surface area (Å²) in [5.41, 5.74) is 6.71. The summed E-state index contributed by atoms with van der Waals surface area (Å²) in [5.74, 6) is -0.0342. The third kappa shape index (κ3) is 4.38. The fraction of sp³-hybridized carbons (Fsp3) is 0.500. The molecule has 1 aromatic rings. The second-order valence-electron chi connectivity index (χ2n) is 5.52. The van der Waals surface area contributed by atoms with Gasteiger partial charge in [-0.3, -0.25) is 9.59 Å². The van der Waals surface area contributed by atoms with Crippen LogP contribution in [-0.4, -0.2) is 31.5 Å². The molecule has 1 saturated carbocycles. The molecule has 0 bridgehead atoms. The topological polar surface area (TPSA) is 93.4 Å². The molecule has 1 aromatic carbocycles. The second kappa shape index (κ2) is 7.68. The van der Waals surface area contributed by atoms with E-state index in [9.17, 15) is 9.59 Å². The first-order chi connectivity index (χ1) is 10.6. The van der Waals surface area contributed by atoms with E-state index in [2.05, 4.69) is 10.6 Å². The summed E-state index contributed by atoms with van der Waals surface area (Å²) < 4.78 is 5.35. The first kappa shape index (κ1) is 16.1. The van der Waals surface area contributed by atoms with E-state index in [0.29, 0.717) is 17.0 Å². The summed E-state index contributed by atoms with van der Waals surface area (Å²) in [6, 6.07) is 5.11. The van der Waals surface area contributed by atoms with Gasteiger partial charge in [0.2, 0.25) is 0 Å². The number of ether oxygens (including phenoxy) is 1. The summed E-state index contributed by atoms with van der Waals surface area (Å²) in [6.45, 7) is -0.131. The molecular weight excluding hydrogens is 282 g/mol. The van der Waals surface area contributed by atoms with Gasteiger partial charge in [0.05, 0.1) is 5.69 Å². The highest BCUT2D eigenvalue weighted by molar-refractivity contribution is 5.95. The Kier molecular flexibility index (Phi) is 5.63. The molecule has 2 rings (SSSR count). The zero-order valence-electron chi connectivity index (χ0n) is 12.9. The van der Waals surface area contributed by atoms with Gasteiger partial charge in [-0.15, -0.1) is 0 Å². The third-order valence-corrected chi connectivity index (χ3v) is 3.85. The Morgan fingerprint density at radius 2 is 2.00 bits per heavy atom. The van der Waals surface area contributed by atoms with Crippen molar-refractivity contribution >= 4 is 17.5 Å². The van der Waals surface area contributed by atoms with Crippen LogP contribution in [0.3, 0.4) is 0 Å². The van der Waals surface area contributed by atoms with Crippen molar-refractivity contribution in [3.8, 4) is 5.75 Å². The van der Waals surface area contributed by atoms with E-state index in [1.807, 2.05) is 0 Å². The van der Waals surface area contributed by atoms with Crippen LogP contribution in [0.4, 0.5) is 5.69 Å². The molecule has 2 amide bonds. The van der Waals surface area contributed by atoms with Crippen LogP contribution in [0.25, 0.3) is 0 Å². The number of amides is 2. The van der Waals surface area contributed by atoms with E-state index in [4.69, 9.17) is 10.5 Å². The average molecular weight is 305 g/mol. The predicted molar refractivity (Wildman–Crippen MR) is 84.8 cm³/mol. The lowest BCUT2D eigenvalue weighted by Crippen LogP contribution is -2.36. The first-order valence-corrected chi connectivity index (χ1v) is 7.64.